The molecule has 132 valence electrons. The van der Waals surface area contributed by atoms with Gasteiger partial charge in [0.15, 0.2) is 5.60 Å². The molecule has 0 heterocycles. The van der Waals surface area contributed by atoms with Crippen LogP contribution in [-0.4, -0.2) is 18.1 Å². The van der Waals surface area contributed by atoms with E-state index in [9.17, 15) is 9.18 Å². The number of carbonyl (C=O) groups is 1. The van der Waals surface area contributed by atoms with Gasteiger partial charge in [-0.15, -0.1) is 0 Å². The molecule has 5 heteroatoms. The van der Waals surface area contributed by atoms with Gasteiger partial charge in [0.25, 0.3) is 5.91 Å². The van der Waals surface area contributed by atoms with E-state index in [-0.39, 0.29) is 17.1 Å². The molecule has 1 aliphatic rings. The molecular formula is C20H21ClFNO2. The highest BCUT2D eigenvalue weighted by Crippen LogP contribution is 2.47. The molecule has 25 heavy (non-hydrogen) atoms. The lowest BCUT2D eigenvalue weighted by Gasteiger charge is -2.27. The monoisotopic (exact) mass is 361 g/mol. The predicted molar refractivity (Wildman–Crippen MR) is 96.5 cm³/mol. The highest BCUT2D eigenvalue weighted by molar-refractivity contribution is 6.30. The lowest BCUT2D eigenvalue weighted by atomic mass is 9.95. The first-order valence-corrected chi connectivity index (χ1v) is 8.68. The first-order chi connectivity index (χ1) is 11.8. The van der Waals surface area contributed by atoms with Crippen molar-refractivity contribution < 1.29 is 13.9 Å². The number of hydrogen-bond donors (Lipinski definition) is 1. The van der Waals surface area contributed by atoms with Crippen LogP contribution in [0.5, 0.6) is 5.75 Å². The molecule has 1 N–H and O–H groups in total. The van der Waals surface area contributed by atoms with Crippen LogP contribution in [0.15, 0.2) is 48.5 Å². The number of benzene rings is 2. The maximum atomic E-state index is 13.1. The number of rotatable bonds is 6. The summed E-state index contributed by atoms with van der Waals surface area (Å²) < 4.78 is 18.9. The summed E-state index contributed by atoms with van der Waals surface area (Å²) in [6, 6.07) is 13.4. The van der Waals surface area contributed by atoms with Crippen LogP contribution in [-0.2, 0) is 10.2 Å². The van der Waals surface area contributed by atoms with Crippen LogP contribution < -0.4 is 10.1 Å². The van der Waals surface area contributed by atoms with Gasteiger partial charge in [-0.2, -0.15) is 0 Å². The molecule has 0 atom stereocenters. The van der Waals surface area contributed by atoms with Gasteiger partial charge in [-0.05, 0) is 68.7 Å². The molecule has 0 bridgehead atoms. The minimum Gasteiger partial charge on any atom is -0.478 e. The number of hydrogen-bond acceptors (Lipinski definition) is 2. The van der Waals surface area contributed by atoms with Gasteiger partial charge in [-0.25, -0.2) is 4.39 Å². The summed E-state index contributed by atoms with van der Waals surface area (Å²) in [5.74, 6) is 0.154. The molecule has 0 aromatic heterocycles. The van der Waals surface area contributed by atoms with Gasteiger partial charge in [0.2, 0.25) is 0 Å². The first kappa shape index (κ1) is 17.7. The molecule has 0 aliphatic heterocycles. The number of amides is 1. The van der Waals surface area contributed by atoms with Crippen LogP contribution in [0.3, 0.4) is 0 Å². The fourth-order valence-electron chi connectivity index (χ4n) is 2.83. The van der Waals surface area contributed by atoms with Gasteiger partial charge in [0.1, 0.15) is 11.6 Å². The van der Waals surface area contributed by atoms with E-state index in [1.54, 1.807) is 50.2 Å². The second-order valence-corrected chi connectivity index (χ2v) is 7.47. The number of carbonyl (C=O) groups excluding carboxylic acids is 1. The first-order valence-electron chi connectivity index (χ1n) is 8.30. The summed E-state index contributed by atoms with van der Waals surface area (Å²) >= 11 is 5.86. The molecule has 3 rings (SSSR count). The molecule has 3 nitrogen and oxygen atoms in total. The van der Waals surface area contributed by atoms with Crippen LogP contribution in [0, 0.1) is 5.82 Å². The van der Waals surface area contributed by atoms with Crippen LogP contribution in [0.4, 0.5) is 4.39 Å². The van der Waals surface area contributed by atoms with Gasteiger partial charge in [-0.1, -0.05) is 23.7 Å². The molecule has 0 radical (unpaired) electrons. The normalized spacial score (nSPS) is 15.5. The summed E-state index contributed by atoms with van der Waals surface area (Å²) in [4.78, 5) is 12.6. The summed E-state index contributed by atoms with van der Waals surface area (Å²) in [5.41, 5.74) is -0.0301. The smallest absolute Gasteiger partial charge is 0.263 e. The van der Waals surface area contributed by atoms with E-state index in [4.69, 9.17) is 16.3 Å². The Bertz CT molecular complexity index is 752. The van der Waals surface area contributed by atoms with E-state index >= 15 is 0 Å². The molecule has 1 saturated carbocycles. The van der Waals surface area contributed by atoms with Gasteiger partial charge >= 0.3 is 0 Å². The van der Waals surface area contributed by atoms with E-state index in [1.807, 2.05) is 0 Å². The SMILES string of the molecule is CC(C)(Oc1ccc(Cl)cc1)C(=O)NCC1(c2ccc(F)cc2)CC1. The molecule has 0 saturated heterocycles. The maximum absolute atomic E-state index is 13.1. The zero-order chi connectivity index (χ0) is 18.1. The molecule has 2 aromatic carbocycles. The zero-order valence-electron chi connectivity index (χ0n) is 14.3. The van der Waals surface area contributed by atoms with Crippen LogP contribution >= 0.6 is 11.6 Å². The Hall–Kier alpha value is -2.07. The highest BCUT2D eigenvalue weighted by atomic mass is 35.5. The van der Waals surface area contributed by atoms with E-state index in [0.29, 0.717) is 17.3 Å². The second-order valence-electron chi connectivity index (χ2n) is 7.04. The van der Waals surface area contributed by atoms with Crippen LogP contribution in [0.2, 0.25) is 5.02 Å². The van der Waals surface area contributed by atoms with Crippen molar-refractivity contribution in [2.45, 2.75) is 37.7 Å². The zero-order valence-corrected chi connectivity index (χ0v) is 15.1. The standard InChI is InChI=1S/C20H21ClFNO2/c1-19(2,25-17-9-5-15(21)6-10-17)18(24)23-13-20(11-12-20)14-3-7-16(22)8-4-14/h3-10H,11-13H2,1-2H3,(H,23,24). The topological polar surface area (TPSA) is 38.3 Å². The molecule has 1 fully saturated rings. The molecule has 2 aromatic rings. The van der Waals surface area contributed by atoms with Gasteiger partial charge in [0.05, 0.1) is 0 Å². The number of halogens is 2. The largest absolute Gasteiger partial charge is 0.478 e. The van der Waals surface area contributed by atoms with E-state index in [1.165, 1.54) is 12.1 Å². The number of nitrogens with one attached hydrogen (secondary N) is 1. The Kier molecular flexibility index (Phi) is 4.74. The average molecular weight is 362 g/mol. The van der Waals surface area contributed by atoms with Gasteiger partial charge < -0.3 is 10.1 Å². The van der Waals surface area contributed by atoms with Crippen molar-refractivity contribution in [2.24, 2.45) is 0 Å². The Morgan fingerprint density at radius 3 is 2.32 bits per heavy atom. The third-order valence-corrected chi connectivity index (χ3v) is 4.88. The fraction of sp³-hybridized carbons (Fsp3) is 0.350. The van der Waals surface area contributed by atoms with Gasteiger partial charge in [0, 0.05) is 17.0 Å². The quantitative estimate of drug-likeness (QED) is 0.823. The number of ether oxygens (including phenoxy) is 1. The van der Waals surface area contributed by atoms with Crippen molar-refractivity contribution in [2.75, 3.05) is 6.54 Å². The third-order valence-electron chi connectivity index (χ3n) is 4.63. The van der Waals surface area contributed by atoms with Crippen molar-refractivity contribution in [1.82, 2.24) is 5.32 Å². The summed E-state index contributed by atoms with van der Waals surface area (Å²) in [5, 5.41) is 3.60. The van der Waals surface area contributed by atoms with Crippen molar-refractivity contribution in [3.05, 3.63) is 64.9 Å². The summed E-state index contributed by atoms with van der Waals surface area (Å²) in [6.07, 6.45) is 1.97. The predicted octanol–water partition coefficient (Wildman–Crippen LogP) is 4.48. The van der Waals surface area contributed by atoms with E-state index < -0.39 is 5.60 Å². The summed E-state index contributed by atoms with van der Waals surface area (Å²) in [7, 11) is 0. The maximum Gasteiger partial charge on any atom is 0.263 e. The van der Waals surface area contributed by atoms with Crippen molar-refractivity contribution in [1.29, 1.82) is 0 Å². The van der Waals surface area contributed by atoms with Crippen molar-refractivity contribution >= 4 is 17.5 Å². The highest BCUT2D eigenvalue weighted by Gasteiger charge is 2.45. The van der Waals surface area contributed by atoms with Gasteiger partial charge in [-0.3, -0.25) is 4.79 Å². The molecular weight excluding hydrogens is 341 g/mol. The Balaban J connectivity index is 1.61. The molecule has 0 spiro atoms. The minimum absolute atomic E-state index is 0.0836. The van der Waals surface area contributed by atoms with E-state index in [0.717, 1.165) is 18.4 Å². The van der Waals surface area contributed by atoms with Crippen LogP contribution in [0.1, 0.15) is 32.3 Å². The Morgan fingerprint density at radius 2 is 1.76 bits per heavy atom. The summed E-state index contributed by atoms with van der Waals surface area (Å²) in [6.45, 7) is 3.98. The molecule has 1 amide bonds. The lowest BCUT2D eigenvalue weighted by Crippen LogP contribution is -2.48. The Morgan fingerprint density at radius 1 is 1.16 bits per heavy atom. The third kappa shape index (κ3) is 4.13. The molecule has 1 aliphatic carbocycles. The van der Waals surface area contributed by atoms with E-state index in [2.05, 4.69) is 5.32 Å². The average Bonchev–Trinajstić information content (AvgIpc) is 3.36. The second kappa shape index (κ2) is 6.68. The minimum atomic E-state index is -1.01. The van der Waals surface area contributed by atoms with Crippen molar-refractivity contribution in [3.8, 4) is 5.75 Å². The lowest BCUT2D eigenvalue weighted by molar-refractivity contribution is -0.134. The molecule has 0 unspecified atom stereocenters. The van der Waals surface area contributed by atoms with Crippen molar-refractivity contribution in [3.63, 3.8) is 0 Å². The van der Waals surface area contributed by atoms with Crippen LogP contribution in [0.25, 0.3) is 0 Å². The Labute approximate surface area is 152 Å². The fourth-order valence-corrected chi connectivity index (χ4v) is 2.95.